The van der Waals surface area contributed by atoms with Crippen LogP contribution >= 0.6 is 0 Å². The average Bonchev–Trinajstić information content (AvgIpc) is 3.00. The van der Waals surface area contributed by atoms with Gasteiger partial charge < -0.3 is 5.32 Å². The fourth-order valence-electron chi connectivity index (χ4n) is 1.92. The van der Waals surface area contributed by atoms with Crippen LogP contribution < -0.4 is 5.32 Å². The van der Waals surface area contributed by atoms with Crippen LogP contribution in [0, 0.1) is 5.82 Å². The van der Waals surface area contributed by atoms with E-state index in [0.717, 1.165) is 5.69 Å². The van der Waals surface area contributed by atoms with Gasteiger partial charge in [-0.15, -0.1) is 0 Å². The Morgan fingerprint density at radius 1 is 1.00 bits per heavy atom. The van der Waals surface area contributed by atoms with Gasteiger partial charge in [-0.3, -0.25) is 4.79 Å². The zero-order chi connectivity index (χ0) is 14.7. The number of halogens is 1. The second kappa shape index (κ2) is 5.58. The van der Waals surface area contributed by atoms with Crippen LogP contribution in [-0.2, 0) is 0 Å². The van der Waals surface area contributed by atoms with Gasteiger partial charge in [0.15, 0.2) is 5.69 Å². The first-order chi connectivity index (χ1) is 10.2. The number of anilines is 1. The quantitative estimate of drug-likeness (QED) is 0.801. The third-order valence-corrected chi connectivity index (χ3v) is 2.96. The van der Waals surface area contributed by atoms with Crippen LogP contribution in [0.25, 0.3) is 5.69 Å². The maximum atomic E-state index is 13.5. The van der Waals surface area contributed by atoms with E-state index in [9.17, 15) is 9.18 Å². The number of benzene rings is 2. The van der Waals surface area contributed by atoms with E-state index in [0.29, 0.717) is 0 Å². The normalized spacial score (nSPS) is 10.3. The predicted molar refractivity (Wildman–Crippen MR) is 77.9 cm³/mol. The highest BCUT2D eigenvalue weighted by Gasteiger charge is 2.12. The van der Waals surface area contributed by atoms with Crippen molar-refractivity contribution in [2.24, 2.45) is 0 Å². The van der Waals surface area contributed by atoms with E-state index in [4.69, 9.17) is 0 Å². The highest BCUT2D eigenvalue weighted by atomic mass is 19.1. The number of aromatic nitrogens is 2. The molecule has 0 aliphatic rings. The first-order valence-electron chi connectivity index (χ1n) is 6.41. The molecule has 0 saturated heterocycles. The SMILES string of the molecule is O=C(Nc1ccccc1F)c1ccn(-c2ccccc2)n1. The number of nitrogens with one attached hydrogen (secondary N) is 1. The number of para-hydroxylation sites is 2. The number of carbonyl (C=O) groups is 1. The standard InChI is InChI=1S/C16H12FN3O/c17-13-8-4-5-9-14(13)18-16(21)15-10-11-20(19-15)12-6-2-1-3-7-12/h1-11H,(H,18,21). The number of carbonyl (C=O) groups excluding carboxylic acids is 1. The maximum absolute atomic E-state index is 13.5. The van der Waals surface area contributed by atoms with Crippen LogP contribution in [0.3, 0.4) is 0 Å². The summed E-state index contributed by atoms with van der Waals surface area (Å²) in [6, 6.07) is 17.0. The van der Waals surface area contributed by atoms with E-state index in [2.05, 4.69) is 10.4 Å². The molecular formula is C16H12FN3O. The van der Waals surface area contributed by atoms with E-state index < -0.39 is 11.7 Å². The van der Waals surface area contributed by atoms with Crippen LogP contribution in [0.15, 0.2) is 66.9 Å². The highest BCUT2D eigenvalue weighted by Crippen LogP contribution is 2.14. The van der Waals surface area contributed by atoms with Crippen LogP contribution in [0.1, 0.15) is 10.5 Å². The van der Waals surface area contributed by atoms with Gasteiger partial charge in [0.05, 0.1) is 11.4 Å². The van der Waals surface area contributed by atoms with Crippen molar-refractivity contribution >= 4 is 11.6 Å². The zero-order valence-electron chi connectivity index (χ0n) is 11.0. The molecule has 0 bridgehead atoms. The van der Waals surface area contributed by atoms with Gasteiger partial charge in [-0.05, 0) is 30.3 Å². The summed E-state index contributed by atoms with van der Waals surface area (Å²) in [7, 11) is 0. The average molecular weight is 281 g/mol. The third-order valence-electron chi connectivity index (χ3n) is 2.96. The lowest BCUT2D eigenvalue weighted by atomic mass is 10.3. The molecule has 3 rings (SSSR count). The summed E-state index contributed by atoms with van der Waals surface area (Å²) < 4.78 is 15.1. The lowest BCUT2D eigenvalue weighted by Crippen LogP contribution is -2.14. The van der Waals surface area contributed by atoms with Crippen LogP contribution in [0.2, 0.25) is 0 Å². The summed E-state index contributed by atoms with van der Waals surface area (Å²) >= 11 is 0. The zero-order valence-corrected chi connectivity index (χ0v) is 11.0. The van der Waals surface area contributed by atoms with Crippen LogP contribution in [-0.4, -0.2) is 15.7 Å². The van der Waals surface area contributed by atoms with Crippen molar-refractivity contribution in [2.45, 2.75) is 0 Å². The number of rotatable bonds is 3. The van der Waals surface area contributed by atoms with Gasteiger partial charge in [0.25, 0.3) is 5.91 Å². The molecule has 3 aromatic rings. The van der Waals surface area contributed by atoms with Gasteiger partial charge in [-0.25, -0.2) is 9.07 Å². The summed E-state index contributed by atoms with van der Waals surface area (Å²) in [6.45, 7) is 0. The smallest absolute Gasteiger partial charge is 0.276 e. The van der Waals surface area contributed by atoms with Crippen LogP contribution in [0.4, 0.5) is 10.1 Å². The minimum Gasteiger partial charge on any atom is -0.318 e. The lowest BCUT2D eigenvalue weighted by molar-refractivity contribution is 0.102. The Labute approximate surface area is 120 Å². The molecular weight excluding hydrogens is 269 g/mol. The van der Waals surface area contributed by atoms with Crippen molar-refractivity contribution in [3.05, 3.63) is 78.4 Å². The molecule has 0 spiro atoms. The minimum atomic E-state index is -0.478. The lowest BCUT2D eigenvalue weighted by Gasteiger charge is -2.04. The molecule has 0 unspecified atom stereocenters. The molecule has 1 aromatic heterocycles. The Bertz CT molecular complexity index is 768. The molecule has 4 nitrogen and oxygen atoms in total. The Hall–Kier alpha value is -2.95. The van der Waals surface area contributed by atoms with E-state index in [1.54, 1.807) is 29.1 Å². The molecule has 1 heterocycles. The van der Waals surface area contributed by atoms with Crippen molar-refractivity contribution in [2.75, 3.05) is 5.32 Å². The molecule has 1 amide bonds. The van der Waals surface area contributed by atoms with Crippen molar-refractivity contribution in [3.8, 4) is 5.69 Å². The Morgan fingerprint density at radius 2 is 1.71 bits per heavy atom. The summed E-state index contributed by atoms with van der Waals surface area (Å²) in [4.78, 5) is 12.1. The maximum Gasteiger partial charge on any atom is 0.276 e. The first-order valence-corrected chi connectivity index (χ1v) is 6.41. The summed E-state index contributed by atoms with van der Waals surface area (Å²) in [6.07, 6.45) is 1.69. The van der Waals surface area contributed by atoms with Gasteiger partial charge >= 0.3 is 0 Å². The van der Waals surface area contributed by atoms with Crippen molar-refractivity contribution in [1.82, 2.24) is 9.78 Å². The number of hydrogen-bond acceptors (Lipinski definition) is 2. The largest absolute Gasteiger partial charge is 0.318 e. The van der Waals surface area contributed by atoms with Crippen LogP contribution in [0.5, 0.6) is 0 Å². The molecule has 0 radical (unpaired) electrons. The molecule has 1 N–H and O–H groups in total. The molecule has 104 valence electrons. The molecule has 2 aromatic carbocycles. The summed E-state index contributed by atoms with van der Waals surface area (Å²) in [5, 5.41) is 6.69. The summed E-state index contributed by atoms with van der Waals surface area (Å²) in [5.74, 6) is -0.928. The molecule has 0 aliphatic carbocycles. The number of amides is 1. The predicted octanol–water partition coefficient (Wildman–Crippen LogP) is 3.26. The Morgan fingerprint density at radius 3 is 2.48 bits per heavy atom. The number of nitrogens with zero attached hydrogens (tertiary/aromatic N) is 2. The molecule has 0 aliphatic heterocycles. The first kappa shape index (κ1) is 13.1. The third kappa shape index (κ3) is 2.81. The molecule has 0 atom stereocenters. The fraction of sp³-hybridized carbons (Fsp3) is 0. The highest BCUT2D eigenvalue weighted by molar-refractivity contribution is 6.02. The molecule has 0 saturated carbocycles. The molecule has 5 heteroatoms. The second-order valence-corrected chi connectivity index (χ2v) is 4.42. The van der Waals surface area contributed by atoms with Crippen molar-refractivity contribution in [1.29, 1.82) is 0 Å². The van der Waals surface area contributed by atoms with Gasteiger partial charge in [0.2, 0.25) is 0 Å². The van der Waals surface area contributed by atoms with Gasteiger partial charge in [0.1, 0.15) is 5.82 Å². The van der Waals surface area contributed by atoms with Crippen molar-refractivity contribution in [3.63, 3.8) is 0 Å². The van der Waals surface area contributed by atoms with Gasteiger partial charge in [0, 0.05) is 6.20 Å². The minimum absolute atomic E-state index is 0.136. The fourth-order valence-corrected chi connectivity index (χ4v) is 1.92. The Balaban J connectivity index is 1.80. The molecule has 21 heavy (non-hydrogen) atoms. The van der Waals surface area contributed by atoms with Gasteiger partial charge in [-0.2, -0.15) is 5.10 Å². The Kier molecular flexibility index (Phi) is 3.47. The van der Waals surface area contributed by atoms with E-state index >= 15 is 0 Å². The number of hydrogen-bond donors (Lipinski definition) is 1. The summed E-state index contributed by atoms with van der Waals surface area (Å²) in [5.41, 5.74) is 1.21. The second-order valence-electron chi connectivity index (χ2n) is 4.42. The van der Waals surface area contributed by atoms with E-state index in [-0.39, 0.29) is 11.4 Å². The topological polar surface area (TPSA) is 46.9 Å². The monoisotopic (exact) mass is 281 g/mol. The van der Waals surface area contributed by atoms with E-state index in [1.165, 1.54) is 12.1 Å². The molecule has 0 fully saturated rings. The van der Waals surface area contributed by atoms with Gasteiger partial charge in [-0.1, -0.05) is 30.3 Å². The van der Waals surface area contributed by atoms with E-state index in [1.807, 2.05) is 30.3 Å². The van der Waals surface area contributed by atoms with Crippen molar-refractivity contribution < 1.29 is 9.18 Å².